The van der Waals surface area contributed by atoms with Gasteiger partial charge in [-0.2, -0.15) is 0 Å². The van der Waals surface area contributed by atoms with Gasteiger partial charge in [0.2, 0.25) is 0 Å². The minimum atomic E-state index is 0.383. The molecule has 0 aromatic carbocycles. The maximum Gasteiger partial charge on any atom is 0.0244 e. The third-order valence-electron chi connectivity index (χ3n) is 4.71. The van der Waals surface area contributed by atoms with Crippen LogP contribution in [0.5, 0.6) is 0 Å². The van der Waals surface area contributed by atoms with Crippen LogP contribution in [0.15, 0.2) is 0 Å². The van der Waals surface area contributed by atoms with Gasteiger partial charge in [-0.15, -0.1) is 0 Å². The van der Waals surface area contributed by atoms with Crippen molar-refractivity contribution >= 4 is 0 Å². The lowest BCUT2D eigenvalue weighted by Gasteiger charge is -2.44. The van der Waals surface area contributed by atoms with Gasteiger partial charge >= 0.3 is 0 Å². The highest BCUT2D eigenvalue weighted by Gasteiger charge is 2.33. The third-order valence-corrected chi connectivity index (χ3v) is 4.71. The Hall–Kier alpha value is -0.0800. The van der Waals surface area contributed by atoms with Gasteiger partial charge in [0.15, 0.2) is 0 Å². The van der Waals surface area contributed by atoms with E-state index in [0.29, 0.717) is 17.5 Å². The Morgan fingerprint density at radius 2 is 1.82 bits per heavy atom. The molecule has 2 rings (SSSR count). The number of rotatable bonds is 2. The predicted molar refractivity (Wildman–Crippen MR) is 74.2 cm³/mol. The second-order valence-corrected chi connectivity index (χ2v) is 7.28. The van der Waals surface area contributed by atoms with Gasteiger partial charge < -0.3 is 5.32 Å². The smallest absolute Gasteiger partial charge is 0.0244 e. The van der Waals surface area contributed by atoms with Crippen molar-refractivity contribution in [2.75, 3.05) is 19.6 Å². The SMILES string of the molecule is CC1CNC(C(C)(C)C)CN1CC1CCCC1. The predicted octanol–water partition coefficient (Wildman–Crippen LogP) is 2.89. The first-order valence-corrected chi connectivity index (χ1v) is 7.44. The van der Waals surface area contributed by atoms with Gasteiger partial charge in [0.25, 0.3) is 0 Å². The molecule has 2 nitrogen and oxygen atoms in total. The molecule has 0 aromatic heterocycles. The Labute approximate surface area is 107 Å². The minimum absolute atomic E-state index is 0.383. The van der Waals surface area contributed by atoms with Crippen LogP contribution < -0.4 is 5.32 Å². The van der Waals surface area contributed by atoms with E-state index in [-0.39, 0.29) is 0 Å². The first kappa shape index (κ1) is 13.4. The van der Waals surface area contributed by atoms with Crippen molar-refractivity contribution in [1.82, 2.24) is 10.2 Å². The average molecular weight is 238 g/mol. The van der Waals surface area contributed by atoms with Crippen LogP contribution in [0.1, 0.15) is 53.4 Å². The molecule has 1 N–H and O–H groups in total. The summed E-state index contributed by atoms with van der Waals surface area (Å²) in [5.41, 5.74) is 0.383. The summed E-state index contributed by atoms with van der Waals surface area (Å²) in [4.78, 5) is 2.74. The maximum absolute atomic E-state index is 3.72. The molecule has 2 heteroatoms. The second kappa shape index (κ2) is 5.27. The molecule has 2 unspecified atom stereocenters. The van der Waals surface area contributed by atoms with Crippen LogP contribution in [-0.4, -0.2) is 36.6 Å². The van der Waals surface area contributed by atoms with Crippen LogP contribution in [0, 0.1) is 11.3 Å². The molecule has 1 saturated carbocycles. The van der Waals surface area contributed by atoms with E-state index in [4.69, 9.17) is 0 Å². The van der Waals surface area contributed by atoms with E-state index in [9.17, 15) is 0 Å². The highest BCUT2D eigenvalue weighted by atomic mass is 15.2. The lowest BCUT2D eigenvalue weighted by molar-refractivity contribution is 0.0803. The molecule has 1 aliphatic heterocycles. The summed E-state index contributed by atoms with van der Waals surface area (Å²) in [5.74, 6) is 0.983. The van der Waals surface area contributed by atoms with Crippen LogP contribution >= 0.6 is 0 Å². The molecule has 1 aliphatic carbocycles. The Morgan fingerprint density at radius 3 is 2.41 bits per heavy atom. The molecule has 0 aromatic rings. The van der Waals surface area contributed by atoms with E-state index in [1.807, 2.05) is 0 Å². The number of piperazine rings is 1. The molecule has 1 heterocycles. The van der Waals surface area contributed by atoms with E-state index >= 15 is 0 Å². The van der Waals surface area contributed by atoms with E-state index in [1.54, 1.807) is 0 Å². The molecule has 2 atom stereocenters. The monoisotopic (exact) mass is 238 g/mol. The van der Waals surface area contributed by atoms with E-state index in [0.717, 1.165) is 12.5 Å². The molecule has 0 bridgehead atoms. The molecule has 100 valence electrons. The lowest BCUT2D eigenvalue weighted by atomic mass is 9.84. The first-order valence-electron chi connectivity index (χ1n) is 7.44. The largest absolute Gasteiger partial charge is 0.311 e. The van der Waals surface area contributed by atoms with Crippen LogP contribution in [-0.2, 0) is 0 Å². The van der Waals surface area contributed by atoms with E-state index < -0.39 is 0 Å². The molecular formula is C15H30N2. The topological polar surface area (TPSA) is 15.3 Å². The van der Waals surface area contributed by atoms with Crippen LogP contribution in [0.2, 0.25) is 0 Å². The molecular weight excluding hydrogens is 208 g/mol. The fourth-order valence-electron chi connectivity index (χ4n) is 3.28. The van der Waals surface area contributed by atoms with Crippen LogP contribution in [0.4, 0.5) is 0 Å². The van der Waals surface area contributed by atoms with Gasteiger partial charge in [0, 0.05) is 31.7 Å². The van der Waals surface area contributed by atoms with Crippen molar-refractivity contribution in [3.8, 4) is 0 Å². The zero-order chi connectivity index (χ0) is 12.5. The average Bonchev–Trinajstić information content (AvgIpc) is 2.72. The summed E-state index contributed by atoms with van der Waals surface area (Å²) in [7, 11) is 0. The molecule has 2 aliphatic rings. The number of nitrogens with one attached hydrogen (secondary N) is 1. The Balaban J connectivity index is 1.90. The zero-order valence-electron chi connectivity index (χ0n) is 12.1. The summed E-state index contributed by atoms with van der Waals surface area (Å²) in [6, 6.07) is 1.37. The van der Waals surface area contributed by atoms with E-state index in [1.165, 1.54) is 38.8 Å². The quantitative estimate of drug-likeness (QED) is 0.796. The van der Waals surface area contributed by atoms with Crippen LogP contribution in [0.3, 0.4) is 0 Å². The van der Waals surface area contributed by atoms with Crippen molar-refractivity contribution in [3.05, 3.63) is 0 Å². The molecule has 1 saturated heterocycles. The standard InChI is InChI=1S/C15H30N2/c1-12-9-16-14(15(2,3)4)11-17(12)10-13-7-5-6-8-13/h12-14,16H,5-11H2,1-4H3. The normalized spacial score (nSPS) is 33.2. The first-order chi connectivity index (χ1) is 7.97. The fourth-order valence-corrected chi connectivity index (χ4v) is 3.28. The van der Waals surface area contributed by atoms with Gasteiger partial charge in [-0.1, -0.05) is 33.6 Å². The second-order valence-electron chi connectivity index (χ2n) is 7.28. The summed E-state index contributed by atoms with van der Waals surface area (Å²) in [6.45, 7) is 13.2. The van der Waals surface area contributed by atoms with Crippen molar-refractivity contribution < 1.29 is 0 Å². The minimum Gasteiger partial charge on any atom is -0.311 e. The van der Waals surface area contributed by atoms with Crippen molar-refractivity contribution in [3.63, 3.8) is 0 Å². The third kappa shape index (κ3) is 3.45. The highest BCUT2D eigenvalue weighted by molar-refractivity contribution is 4.91. The van der Waals surface area contributed by atoms with Gasteiger partial charge in [-0.05, 0) is 31.1 Å². The Kier molecular flexibility index (Phi) is 4.14. The number of hydrogen-bond acceptors (Lipinski definition) is 2. The zero-order valence-corrected chi connectivity index (χ0v) is 12.1. The summed E-state index contributed by atoms with van der Waals surface area (Å²) < 4.78 is 0. The lowest BCUT2D eigenvalue weighted by Crippen LogP contribution is -2.60. The summed E-state index contributed by atoms with van der Waals surface area (Å²) >= 11 is 0. The maximum atomic E-state index is 3.72. The van der Waals surface area contributed by atoms with Crippen molar-refractivity contribution in [1.29, 1.82) is 0 Å². The van der Waals surface area contributed by atoms with Gasteiger partial charge in [0.1, 0.15) is 0 Å². The number of hydrogen-bond donors (Lipinski definition) is 1. The Bertz CT molecular complexity index is 238. The Morgan fingerprint density at radius 1 is 1.18 bits per heavy atom. The van der Waals surface area contributed by atoms with Gasteiger partial charge in [-0.3, -0.25) is 4.90 Å². The molecule has 0 spiro atoms. The van der Waals surface area contributed by atoms with Gasteiger partial charge in [0.05, 0.1) is 0 Å². The molecule has 0 radical (unpaired) electrons. The molecule has 17 heavy (non-hydrogen) atoms. The van der Waals surface area contributed by atoms with Gasteiger partial charge in [-0.25, -0.2) is 0 Å². The highest BCUT2D eigenvalue weighted by Crippen LogP contribution is 2.28. The van der Waals surface area contributed by atoms with E-state index in [2.05, 4.69) is 37.9 Å². The number of nitrogens with zero attached hydrogens (tertiary/aromatic N) is 1. The summed E-state index contributed by atoms with van der Waals surface area (Å²) in [5, 5.41) is 3.72. The fraction of sp³-hybridized carbons (Fsp3) is 1.00. The summed E-state index contributed by atoms with van der Waals surface area (Å²) in [6.07, 6.45) is 5.87. The van der Waals surface area contributed by atoms with Crippen molar-refractivity contribution in [2.24, 2.45) is 11.3 Å². The van der Waals surface area contributed by atoms with Crippen LogP contribution in [0.25, 0.3) is 0 Å². The van der Waals surface area contributed by atoms with Crippen molar-refractivity contribution in [2.45, 2.75) is 65.5 Å². The molecule has 0 amide bonds. The molecule has 2 fully saturated rings.